The molecular weight excluding hydrogens is 241 g/mol. The van der Waals surface area contributed by atoms with Crippen LogP contribution in [-0.2, 0) is 0 Å². The third-order valence-corrected chi connectivity index (χ3v) is 4.85. The minimum atomic E-state index is -0.259. The second-order valence-corrected chi connectivity index (χ2v) is 5.65. The first kappa shape index (κ1) is 14.3. The zero-order valence-electron chi connectivity index (χ0n) is 12.3. The first-order valence-electron chi connectivity index (χ1n) is 7.13. The van der Waals surface area contributed by atoms with Crippen molar-refractivity contribution in [2.75, 3.05) is 13.7 Å². The predicted molar refractivity (Wildman–Crippen MR) is 76.2 cm³/mol. The van der Waals surface area contributed by atoms with Gasteiger partial charge in [0.05, 0.1) is 7.11 Å². The Kier molecular flexibility index (Phi) is 4.14. The van der Waals surface area contributed by atoms with E-state index in [1.165, 1.54) is 7.11 Å². The third-order valence-electron chi connectivity index (χ3n) is 4.85. The van der Waals surface area contributed by atoms with Crippen molar-refractivity contribution < 1.29 is 9.13 Å². The van der Waals surface area contributed by atoms with E-state index in [9.17, 15) is 4.39 Å². The van der Waals surface area contributed by atoms with Crippen molar-refractivity contribution in [3.8, 4) is 5.75 Å². The molecule has 1 aliphatic rings. The van der Waals surface area contributed by atoms with E-state index < -0.39 is 0 Å². The number of hydrogen-bond donors (Lipinski definition) is 1. The fraction of sp³-hybridized carbons (Fsp3) is 0.625. The van der Waals surface area contributed by atoms with Crippen molar-refractivity contribution in [1.82, 2.24) is 5.32 Å². The molecule has 0 spiro atoms. The molecule has 106 valence electrons. The molecule has 1 aromatic rings. The number of ether oxygens (including phenoxy) is 1. The normalized spacial score (nSPS) is 29.9. The standard InChI is InChI=1S/C16H24FNO/c1-5-16(3)12(10-15(16)18-6-2)11-7-8-14(19-4)13(17)9-11/h7-9,12,15,18H,5-6,10H2,1-4H3. The van der Waals surface area contributed by atoms with Crippen molar-refractivity contribution in [1.29, 1.82) is 0 Å². The van der Waals surface area contributed by atoms with Crippen LogP contribution in [0, 0.1) is 11.2 Å². The summed E-state index contributed by atoms with van der Waals surface area (Å²) in [6.07, 6.45) is 2.19. The molecule has 1 fully saturated rings. The molecule has 2 rings (SSSR count). The Balaban J connectivity index is 2.21. The average Bonchev–Trinajstić information content (AvgIpc) is 2.42. The van der Waals surface area contributed by atoms with Crippen LogP contribution in [-0.4, -0.2) is 19.7 Å². The Labute approximate surface area is 115 Å². The van der Waals surface area contributed by atoms with Gasteiger partial charge in [0.25, 0.3) is 0 Å². The van der Waals surface area contributed by atoms with Gasteiger partial charge in [-0.25, -0.2) is 4.39 Å². The number of rotatable bonds is 5. The van der Waals surface area contributed by atoms with Crippen LogP contribution in [0.4, 0.5) is 4.39 Å². The highest BCUT2D eigenvalue weighted by Crippen LogP contribution is 2.55. The summed E-state index contributed by atoms with van der Waals surface area (Å²) in [5.41, 5.74) is 1.31. The monoisotopic (exact) mass is 265 g/mol. The molecule has 0 bridgehead atoms. The van der Waals surface area contributed by atoms with E-state index >= 15 is 0 Å². The Morgan fingerprint density at radius 3 is 2.68 bits per heavy atom. The van der Waals surface area contributed by atoms with Crippen LogP contribution in [0.5, 0.6) is 5.75 Å². The van der Waals surface area contributed by atoms with Gasteiger partial charge in [-0.1, -0.05) is 26.8 Å². The summed E-state index contributed by atoms with van der Waals surface area (Å²) in [4.78, 5) is 0. The molecule has 0 amide bonds. The number of benzene rings is 1. The second kappa shape index (κ2) is 5.49. The van der Waals surface area contributed by atoms with Gasteiger partial charge in [0.1, 0.15) is 0 Å². The van der Waals surface area contributed by atoms with Gasteiger partial charge in [0.15, 0.2) is 11.6 Å². The number of methoxy groups -OCH3 is 1. The lowest BCUT2D eigenvalue weighted by Gasteiger charge is -2.55. The Bertz CT molecular complexity index is 448. The quantitative estimate of drug-likeness (QED) is 0.876. The maximum Gasteiger partial charge on any atom is 0.165 e. The predicted octanol–water partition coefficient (Wildman–Crippen LogP) is 3.72. The van der Waals surface area contributed by atoms with Crippen LogP contribution in [0.15, 0.2) is 18.2 Å². The van der Waals surface area contributed by atoms with Crippen molar-refractivity contribution in [3.63, 3.8) is 0 Å². The number of halogens is 1. The molecule has 1 saturated carbocycles. The molecule has 0 aliphatic heterocycles. The van der Waals surface area contributed by atoms with Gasteiger partial charge in [-0.3, -0.25) is 0 Å². The minimum absolute atomic E-state index is 0.219. The van der Waals surface area contributed by atoms with Crippen molar-refractivity contribution in [2.24, 2.45) is 5.41 Å². The lowest BCUT2D eigenvalue weighted by atomic mass is 9.54. The first-order chi connectivity index (χ1) is 9.06. The largest absolute Gasteiger partial charge is 0.494 e. The minimum Gasteiger partial charge on any atom is -0.494 e. The summed E-state index contributed by atoms with van der Waals surface area (Å²) in [6.45, 7) is 7.65. The van der Waals surface area contributed by atoms with E-state index in [1.807, 2.05) is 6.07 Å². The van der Waals surface area contributed by atoms with Crippen LogP contribution in [0.2, 0.25) is 0 Å². The lowest BCUT2D eigenvalue weighted by Crippen LogP contribution is -2.56. The summed E-state index contributed by atoms with van der Waals surface area (Å²) in [5.74, 6) is 0.497. The molecule has 3 heteroatoms. The lowest BCUT2D eigenvalue weighted by molar-refractivity contribution is 0.0453. The molecule has 0 saturated heterocycles. The van der Waals surface area contributed by atoms with Crippen molar-refractivity contribution in [3.05, 3.63) is 29.6 Å². The van der Waals surface area contributed by atoms with Gasteiger partial charge in [-0.15, -0.1) is 0 Å². The molecule has 0 aromatic heterocycles. The van der Waals surface area contributed by atoms with Gasteiger partial charge >= 0.3 is 0 Å². The van der Waals surface area contributed by atoms with E-state index in [0.717, 1.165) is 24.9 Å². The van der Waals surface area contributed by atoms with Crippen LogP contribution < -0.4 is 10.1 Å². The third kappa shape index (κ3) is 2.36. The Morgan fingerprint density at radius 1 is 1.42 bits per heavy atom. The van der Waals surface area contributed by atoms with Gasteiger partial charge in [-0.05, 0) is 48.4 Å². The summed E-state index contributed by atoms with van der Waals surface area (Å²) >= 11 is 0. The smallest absolute Gasteiger partial charge is 0.165 e. The van der Waals surface area contributed by atoms with Crippen LogP contribution in [0.25, 0.3) is 0 Å². The highest BCUT2D eigenvalue weighted by Gasteiger charge is 2.50. The SMILES string of the molecule is CCNC1CC(c2ccc(OC)c(F)c2)C1(C)CC. The average molecular weight is 265 g/mol. The van der Waals surface area contributed by atoms with E-state index in [1.54, 1.807) is 12.1 Å². The molecule has 0 radical (unpaired) electrons. The van der Waals surface area contributed by atoms with E-state index in [0.29, 0.717) is 17.7 Å². The first-order valence-corrected chi connectivity index (χ1v) is 7.13. The molecule has 1 aromatic carbocycles. The maximum atomic E-state index is 13.8. The Hall–Kier alpha value is -1.09. The highest BCUT2D eigenvalue weighted by atomic mass is 19.1. The summed E-state index contributed by atoms with van der Waals surface area (Å²) < 4.78 is 18.8. The van der Waals surface area contributed by atoms with Crippen LogP contribution >= 0.6 is 0 Å². The number of hydrogen-bond acceptors (Lipinski definition) is 2. The van der Waals surface area contributed by atoms with Crippen molar-refractivity contribution >= 4 is 0 Å². The number of nitrogens with one attached hydrogen (secondary N) is 1. The van der Waals surface area contributed by atoms with Gasteiger partial charge in [-0.2, -0.15) is 0 Å². The molecular formula is C16H24FNO. The zero-order chi connectivity index (χ0) is 14.0. The summed E-state index contributed by atoms with van der Waals surface area (Å²) in [5, 5.41) is 3.54. The molecule has 2 nitrogen and oxygen atoms in total. The topological polar surface area (TPSA) is 21.3 Å². The molecule has 3 unspecified atom stereocenters. The van der Waals surface area contributed by atoms with E-state index in [2.05, 4.69) is 26.1 Å². The maximum absolute atomic E-state index is 13.8. The summed E-state index contributed by atoms with van der Waals surface area (Å²) in [7, 11) is 1.50. The van der Waals surface area contributed by atoms with Crippen molar-refractivity contribution in [2.45, 2.75) is 45.6 Å². The zero-order valence-corrected chi connectivity index (χ0v) is 12.3. The highest BCUT2D eigenvalue weighted by molar-refractivity contribution is 5.34. The fourth-order valence-corrected chi connectivity index (χ4v) is 3.33. The van der Waals surface area contributed by atoms with E-state index in [-0.39, 0.29) is 11.2 Å². The molecule has 19 heavy (non-hydrogen) atoms. The fourth-order valence-electron chi connectivity index (χ4n) is 3.33. The Morgan fingerprint density at radius 2 is 2.16 bits per heavy atom. The van der Waals surface area contributed by atoms with Gasteiger partial charge < -0.3 is 10.1 Å². The van der Waals surface area contributed by atoms with Crippen LogP contribution in [0.1, 0.15) is 45.1 Å². The van der Waals surface area contributed by atoms with Gasteiger partial charge in [0.2, 0.25) is 0 Å². The molecule has 0 heterocycles. The second-order valence-electron chi connectivity index (χ2n) is 5.65. The molecule has 3 atom stereocenters. The van der Waals surface area contributed by atoms with E-state index in [4.69, 9.17) is 4.74 Å². The summed E-state index contributed by atoms with van der Waals surface area (Å²) in [6, 6.07) is 5.92. The van der Waals surface area contributed by atoms with Crippen LogP contribution in [0.3, 0.4) is 0 Å². The van der Waals surface area contributed by atoms with Gasteiger partial charge in [0, 0.05) is 6.04 Å². The molecule has 1 aliphatic carbocycles. The molecule has 1 N–H and O–H groups in total.